The fraction of sp³-hybridized carbons (Fsp3) is 0.364. The first-order chi connectivity index (χ1) is 14.1. The first-order valence-electron chi connectivity index (χ1n) is 9.89. The minimum atomic E-state index is -0.539. The van der Waals surface area contributed by atoms with Gasteiger partial charge in [-0.2, -0.15) is 0 Å². The molecular weight excluding hydrogens is 375 g/mol. The third-order valence-electron chi connectivity index (χ3n) is 5.33. The number of benzene rings is 2. The Balaban J connectivity index is 1.41. The van der Waals surface area contributed by atoms with Crippen LogP contribution in [0.2, 0.25) is 0 Å². The number of amides is 2. The summed E-state index contributed by atoms with van der Waals surface area (Å²) >= 11 is 0. The number of ether oxygens (including phenoxy) is 2. The van der Waals surface area contributed by atoms with Crippen molar-refractivity contribution in [3.8, 4) is 11.5 Å². The summed E-state index contributed by atoms with van der Waals surface area (Å²) in [6.45, 7) is 0.127. The molecule has 0 bridgehead atoms. The molecule has 1 heterocycles. The van der Waals surface area contributed by atoms with Gasteiger partial charge in [-0.05, 0) is 55.2 Å². The van der Waals surface area contributed by atoms with Gasteiger partial charge in [-0.25, -0.2) is 4.39 Å². The van der Waals surface area contributed by atoms with Gasteiger partial charge < -0.3 is 20.1 Å². The largest absolute Gasteiger partial charge is 0.454 e. The normalized spacial score (nSPS) is 15.8. The maximum atomic E-state index is 14.2. The Kier molecular flexibility index (Phi) is 5.64. The zero-order chi connectivity index (χ0) is 20.2. The second-order valence-electron chi connectivity index (χ2n) is 7.47. The molecule has 1 aliphatic carbocycles. The molecule has 0 atom stereocenters. The van der Waals surface area contributed by atoms with Gasteiger partial charge in [-0.3, -0.25) is 9.59 Å². The van der Waals surface area contributed by atoms with Crippen molar-refractivity contribution in [3.63, 3.8) is 0 Å². The molecule has 1 aliphatic heterocycles. The van der Waals surface area contributed by atoms with Gasteiger partial charge in [0.1, 0.15) is 5.82 Å². The summed E-state index contributed by atoms with van der Waals surface area (Å²) in [5.74, 6) is 0.354. The van der Waals surface area contributed by atoms with Crippen molar-refractivity contribution in [2.75, 3.05) is 17.4 Å². The highest BCUT2D eigenvalue weighted by atomic mass is 19.1. The van der Waals surface area contributed by atoms with E-state index in [1.54, 1.807) is 18.2 Å². The van der Waals surface area contributed by atoms with Crippen molar-refractivity contribution < 1.29 is 23.5 Å². The van der Waals surface area contributed by atoms with E-state index in [-0.39, 0.29) is 24.3 Å². The smallest absolute Gasteiger partial charge is 0.255 e. The van der Waals surface area contributed by atoms with Crippen LogP contribution in [0.15, 0.2) is 36.4 Å². The van der Waals surface area contributed by atoms with Gasteiger partial charge in [-0.1, -0.05) is 19.3 Å². The van der Waals surface area contributed by atoms with Crippen molar-refractivity contribution >= 4 is 23.2 Å². The lowest BCUT2D eigenvalue weighted by Crippen LogP contribution is -2.19. The zero-order valence-corrected chi connectivity index (χ0v) is 16.0. The zero-order valence-electron chi connectivity index (χ0n) is 16.0. The molecule has 0 spiro atoms. The molecule has 0 radical (unpaired) electrons. The number of hydrogen-bond donors (Lipinski definition) is 2. The predicted molar refractivity (Wildman–Crippen MR) is 107 cm³/mol. The minimum Gasteiger partial charge on any atom is -0.454 e. The van der Waals surface area contributed by atoms with Gasteiger partial charge in [0, 0.05) is 17.7 Å². The van der Waals surface area contributed by atoms with E-state index in [1.807, 2.05) is 0 Å². The van der Waals surface area contributed by atoms with E-state index in [4.69, 9.17) is 9.47 Å². The number of rotatable bonds is 5. The molecule has 152 valence electrons. The first-order valence-corrected chi connectivity index (χ1v) is 9.89. The maximum Gasteiger partial charge on any atom is 0.255 e. The summed E-state index contributed by atoms with van der Waals surface area (Å²) in [7, 11) is 0. The molecule has 4 rings (SSSR count). The van der Waals surface area contributed by atoms with Crippen LogP contribution in [0.1, 0.15) is 48.9 Å². The van der Waals surface area contributed by atoms with E-state index in [0.717, 1.165) is 25.7 Å². The average Bonchev–Trinajstić information content (AvgIpc) is 3.19. The Bertz CT molecular complexity index is 925. The van der Waals surface area contributed by atoms with Crippen molar-refractivity contribution in [3.05, 3.63) is 47.8 Å². The van der Waals surface area contributed by atoms with Gasteiger partial charge in [0.2, 0.25) is 12.7 Å². The van der Waals surface area contributed by atoms with Crippen LogP contribution >= 0.6 is 0 Å². The van der Waals surface area contributed by atoms with E-state index in [1.165, 1.54) is 24.6 Å². The lowest BCUT2D eigenvalue weighted by molar-refractivity contribution is -0.117. The number of anilines is 2. The van der Waals surface area contributed by atoms with Gasteiger partial charge in [-0.15, -0.1) is 0 Å². The summed E-state index contributed by atoms with van der Waals surface area (Å²) in [5.41, 5.74) is 0.845. The monoisotopic (exact) mass is 398 g/mol. The number of carbonyl (C=O) groups is 2. The first kappa shape index (κ1) is 19.2. The molecular formula is C22H23FN2O4. The highest BCUT2D eigenvalue weighted by Gasteiger charge is 2.19. The summed E-state index contributed by atoms with van der Waals surface area (Å²) in [6.07, 6.45) is 6.00. The predicted octanol–water partition coefficient (Wildman–Crippen LogP) is 4.72. The van der Waals surface area contributed by atoms with Gasteiger partial charge in [0.25, 0.3) is 5.91 Å². The van der Waals surface area contributed by atoms with E-state index < -0.39 is 5.82 Å². The fourth-order valence-electron chi connectivity index (χ4n) is 3.79. The number of fused-ring (bicyclic) bond motifs is 1. The average molecular weight is 398 g/mol. The minimum absolute atomic E-state index is 0.0642. The Labute approximate surface area is 168 Å². The van der Waals surface area contributed by atoms with Crippen LogP contribution in [0, 0.1) is 11.7 Å². The number of carbonyl (C=O) groups excluding carboxylic acids is 2. The van der Waals surface area contributed by atoms with Crippen molar-refractivity contribution in [2.24, 2.45) is 5.92 Å². The van der Waals surface area contributed by atoms with E-state index in [2.05, 4.69) is 10.6 Å². The molecule has 0 unspecified atom stereocenters. The van der Waals surface area contributed by atoms with Crippen LogP contribution in [0.25, 0.3) is 0 Å². The third-order valence-corrected chi connectivity index (χ3v) is 5.33. The molecule has 29 heavy (non-hydrogen) atoms. The van der Waals surface area contributed by atoms with Gasteiger partial charge in [0.15, 0.2) is 11.5 Å². The molecule has 0 aromatic heterocycles. The highest BCUT2D eigenvalue weighted by Crippen LogP contribution is 2.33. The number of halogens is 1. The molecule has 6 nitrogen and oxygen atoms in total. The molecule has 0 saturated heterocycles. The van der Waals surface area contributed by atoms with Crippen LogP contribution in [0.3, 0.4) is 0 Å². The maximum absolute atomic E-state index is 14.2. The molecule has 1 saturated carbocycles. The standard InChI is InChI=1S/C22H23FN2O4/c23-17-8-7-16(12-18(17)25-21(26)10-14-4-2-1-3-5-14)24-22(27)15-6-9-19-20(11-15)29-13-28-19/h6-9,11-12,14H,1-5,10,13H2,(H,24,27)(H,25,26). The van der Waals surface area contributed by atoms with E-state index in [0.29, 0.717) is 35.1 Å². The lowest BCUT2D eigenvalue weighted by Gasteiger charge is -2.21. The number of hydrogen-bond acceptors (Lipinski definition) is 4. The van der Waals surface area contributed by atoms with Crippen LogP contribution in [0.5, 0.6) is 11.5 Å². The molecule has 2 amide bonds. The van der Waals surface area contributed by atoms with Crippen LogP contribution in [0.4, 0.5) is 15.8 Å². The summed E-state index contributed by atoms with van der Waals surface area (Å²) in [5, 5.41) is 5.36. The van der Waals surface area contributed by atoms with Crippen LogP contribution in [-0.2, 0) is 4.79 Å². The molecule has 2 aromatic rings. The summed E-state index contributed by atoms with van der Waals surface area (Å²) < 4.78 is 24.7. The fourth-order valence-corrected chi connectivity index (χ4v) is 3.79. The molecule has 1 fully saturated rings. The Hall–Kier alpha value is -3.09. The summed E-state index contributed by atoms with van der Waals surface area (Å²) in [4.78, 5) is 24.8. The molecule has 2 N–H and O–H groups in total. The van der Waals surface area contributed by atoms with E-state index in [9.17, 15) is 14.0 Å². The van der Waals surface area contributed by atoms with Crippen molar-refractivity contribution in [1.82, 2.24) is 0 Å². The topological polar surface area (TPSA) is 76.7 Å². The van der Waals surface area contributed by atoms with Crippen LogP contribution in [-0.4, -0.2) is 18.6 Å². The quantitative estimate of drug-likeness (QED) is 0.764. The Morgan fingerprint density at radius 2 is 1.76 bits per heavy atom. The Morgan fingerprint density at radius 1 is 0.966 bits per heavy atom. The van der Waals surface area contributed by atoms with E-state index >= 15 is 0 Å². The van der Waals surface area contributed by atoms with Crippen molar-refractivity contribution in [1.29, 1.82) is 0 Å². The van der Waals surface area contributed by atoms with Crippen molar-refractivity contribution in [2.45, 2.75) is 38.5 Å². The second-order valence-corrected chi connectivity index (χ2v) is 7.47. The van der Waals surface area contributed by atoms with Crippen LogP contribution < -0.4 is 20.1 Å². The molecule has 7 heteroatoms. The Morgan fingerprint density at radius 3 is 2.59 bits per heavy atom. The van der Waals surface area contributed by atoms with Gasteiger partial charge >= 0.3 is 0 Å². The SMILES string of the molecule is O=C(CC1CCCCC1)Nc1cc(NC(=O)c2ccc3c(c2)OCO3)ccc1F. The lowest BCUT2D eigenvalue weighted by atomic mass is 9.87. The molecule has 2 aromatic carbocycles. The summed E-state index contributed by atoms with van der Waals surface area (Å²) in [6, 6.07) is 8.99. The molecule has 2 aliphatic rings. The van der Waals surface area contributed by atoms with Gasteiger partial charge in [0.05, 0.1) is 5.69 Å². The third kappa shape index (κ3) is 4.67. The number of nitrogens with one attached hydrogen (secondary N) is 2. The second kappa shape index (κ2) is 8.51. The highest BCUT2D eigenvalue weighted by molar-refractivity contribution is 6.05.